The number of esters is 1. The molecule has 3 heterocycles. The van der Waals surface area contributed by atoms with Crippen molar-refractivity contribution in [1.29, 1.82) is 5.26 Å². The Morgan fingerprint density at radius 2 is 2.27 bits per heavy atom. The van der Waals surface area contributed by atoms with Crippen molar-refractivity contribution in [2.75, 3.05) is 20.3 Å². The van der Waals surface area contributed by atoms with E-state index in [1.165, 1.54) is 7.11 Å². The molecule has 1 unspecified atom stereocenters. The monoisotopic (exact) mass is 347 g/mol. The number of nitriles is 1. The fraction of sp³-hybridized carbons (Fsp3) is 0.250. The molecule has 0 saturated carbocycles. The summed E-state index contributed by atoms with van der Waals surface area (Å²) in [6.07, 6.45) is 4.42. The lowest BCUT2D eigenvalue weighted by atomic mass is 10.1. The molecule has 1 atom stereocenters. The number of fused-ring (bicyclic) bond motifs is 1. The molecule has 3 aromatic rings. The van der Waals surface area contributed by atoms with E-state index in [-0.39, 0.29) is 6.04 Å². The van der Waals surface area contributed by atoms with Gasteiger partial charge in [0.2, 0.25) is 0 Å². The zero-order valence-corrected chi connectivity index (χ0v) is 14.3. The minimum atomic E-state index is -0.403. The number of aromatic nitrogens is 2. The number of hydrogen-bond acceptors (Lipinski definition) is 5. The highest BCUT2D eigenvalue weighted by molar-refractivity contribution is 5.92. The van der Waals surface area contributed by atoms with E-state index in [0.29, 0.717) is 23.4 Å². The minimum absolute atomic E-state index is 0.256. The highest BCUT2D eigenvalue weighted by Gasteiger charge is 2.21. The van der Waals surface area contributed by atoms with Crippen LogP contribution < -0.4 is 0 Å². The van der Waals surface area contributed by atoms with Crippen LogP contribution in [0.1, 0.15) is 28.4 Å². The van der Waals surface area contributed by atoms with E-state index in [2.05, 4.69) is 15.6 Å². The molecule has 1 aliphatic rings. The highest BCUT2D eigenvalue weighted by atomic mass is 16.5. The molecule has 130 valence electrons. The summed E-state index contributed by atoms with van der Waals surface area (Å²) < 4.78 is 12.4. The van der Waals surface area contributed by atoms with Crippen LogP contribution >= 0.6 is 0 Å². The third-order valence-corrected chi connectivity index (χ3v) is 4.73. The smallest absolute Gasteiger partial charge is 0.337 e. The van der Waals surface area contributed by atoms with Crippen molar-refractivity contribution in [1.82, 2.24) is 9.55 Å². The molecule has 0 bridgehead atoms. The average molecular weight is 347 g/mol. The lowest BCUT2D eigenvalue weighted by molar-refractivity contribution is 0.0600. The van der Waals surface area contributed by atoms with Gasteiger partial charge in [0.1, 0.15) is 6.07 Å². The van der Waals surface area contributed by atoms with E-state index in [4.69, 9.17) is 9.47 Å². The van der Waals surface area contributed by atoms with Gasteiger partial charge in [0, 0.05) is 35.5 Å². The Hall–Kier alpha value is -3.17. The lowest BCUT2D eigenvalue weighted by Gasteiger charge is -2.12. The van der Waals surface area contributed by atoms with Crippen LogP contribution in [0.2, 0.25) is 0 Å². The van der Waals surface area contributed by atoms with E-state index >= 15 is 0 Å². The predicted octanol–water partition coefficient (Wildman–Crippen LogP) is 3.32. The quantitative estimate of drug-likeness (QED) is 0.679. The Morgan fingerprint density at radius 3 is 3.00 bits per heavy atom. The summed E-state index contributed by atoms with van der Waals surface area (Å²) in [4.78, 5) is 16.1. The third kappa shape index (κ3) is 2.72. The molecule has 2 aromatic heterocycles. The molecular weight excluding hydrogens is 330 g/mol. The largest absolute Gasteiger partial charge is 0.465 e. The summed E-state index contributed by atoms with van der Waals surface area (Å²) >= 11 is 0. The number of hydrogen-bond donors (Lipinski definition) is 0. The van der Waals surface area contributed by atoms with Crippen LogP contribution in [0, 0.1) is 11.3 Å². The Morgan fingerprint density at radius 1 is 1.38 bits per heavy atom. The summed E-state index contributed by atoms with van der Waals surface area (Å²) in [6.45, 7) is 1.41. The number of methoxy groups -OCH3 is 1. The first-order chi connectivity index (χ1) is 12.7. The normalized spacial score (nSPS) is 16.5. The number of benzene rings is 1. The number of rotatable bonds is 3. The summed E-state index contributed by atoms with van der Waals surface area (Å²) in [6, 6.07) is 11.7. The molecule has 1 fully saturated rings. The van der Waals surface area contributed by atoms with Gasteiger partial charge in [-0.1, -0.05) is 6.07 Å². The van der Waals surface area contributed by atoms with E-state index in [0.717, 1.165) is 29.5 Å². The molecule has 6 heteroatoms. The van der Waals surface area contributed by atoms with Gasteiger partial charge < -0.3 is 14.0 Å². The van der Waals surface area contributed by atoms with Crippen molar-refractivity contribution < 1.29 is 14.3 Å². The third-order valence-electron chi connectivity index (χ3n) is 4.73. The first-order valence-electron chi connectivity index (χ1n) is 8.38. The van der Waals surface area contributed by atoms with Crippen molar-refractivity contribution in [3.8, 4) is 17.3 Å². The second kappa shape index (κ2) is 6.62. The van der Waals surface area contributed by atoms with Crippen LogP contribution in [0.5, 0.6) is 0 Å². The van der Waals surface area contributed by atoms with Gasteiger partial charge in [-0.15, -0.1) is 0 Å². The maximum atomic E-state index is 11.8. The molecule has 6 nitrogen and oxygen atoms in total. The molecule has 0 radical (unpaired) electrons. The molecule has 1 aliphatic heterocycles. The number of pyridine rings is 1. The molecule has 0 N–H and O–H groups in total. The zero-order valence-electron chi connectivity index (χ0n) is 14.3. The van der Waals surface area contributed by atoms with Gasteiger partial charge in [0.25, 0.3) is 0 Å². The molecule has 26 heavy (non-hydrogen) atoms. The first-order valence-corrected chi connectivity index (χ1v) is 8.38. The fourth-order valence-corrected chi connectivity index (χ4v) is 3.38. The van der Waals surface area contributed by atoms with Gasteiger partial charge in [-0.05, 0) is 30.7 Å². The van der Waals surface area contributed by atoms with Crippen molar-refractivity contribution in [3.05, 3.63) is 53.9 Å². The Kier molecular flexibility index (Phi) is 4.15. The number of carbonyl (C=O) groups is 1. The van der Waals surface area contributed by atoms with Crippen LogP contribution in [0.3, 0.4) is 0 Å². The molecule has 0 spiro atoms. The average Bonchev–Trinajstić information content (AvgIpc) is 3.34. The van der Waals surface area contributed by atoms with Crippen molar-refractivity contribution in [2.24, 2.45) is 0 Å². The minimum Gasteiger partial charge on any atom is -0.465 e. The number of nitrogens with zero attached hydrogens (tertiary/aromatic N) is 3. The van der Waals surface area contributed by atoms with Gasteiger partial charge in [-0.25, -0.2) is 4.79 Å². The van der Waals surface area contributed by atoms with Crippen LogP contribution in [0.25, 0.3) is 22.2 Å². The second-order valence-electron chi connectivity index (χ2n) is 6.23. The van der Waals surface area contributed by atoms with Gasteiger partial charge in [-0.3, -0.25) is 4.98 Å². The first kappa shape index (κ1) is 16.3. The predicted molar refractivity (Wildman–Crippen MR) is 95.7 cm³/mol. The van der Waals surface area contributed by atoms with E-state index in [9.17, 15) is 10.1 Å². The molecule has 0 aliphatic carbocycles. The summed E-state index contributed by atoms with van der Waals surface area (Å²) in [5, 5.41) is 10.4. The van der Waals surface area contributed by atoms with Crippen LogP contribution in [0.4, 0.5) is 0 Å². The number of ether oxygens (including phenoxy) is 2. The second-order valence-corrected chi connectivity index (χ2v) is 6.23. The van der Waals surface area contributed by atoms with Crippen LogP contribution in [-0.2, 0) is 9.47 Å². The summed E-state index contributed by atoms with van der Waals surface area (Å²) in [7, 11) is 1.35. The summed E-state index contributed by atoms with van der Waals surface area (Å²) in [5.41, 5.74) is 3.58. The SMILES string of the molecule is COC(=O)c1ccnc(-c2ccc3c(c2)c(C#N)cn3C2CCOC2)c1. The standard InChI is InChI=1S/C20H17N3O3/c1-25-20(24)14-4-6-22-18(9-14)13-2-3-19-17(8-13)15(10-21)11-23(19)16-5-7-26-12-16/h2-4,6,8-9,11,16H,5,7,12H2,1H3. The van der Waals surface area contributed by atoms with Crippen LogP contribution in [-0.4, -0.2) is 35.8 Å². The van der Waals surface area contributed by atoms with Crippen LogP contribution in [0.15, 0.2) is 42.7 Å². The maximum Gasteiger partial charge on any atom is 0.337 e. The Balaban J connectivity index is 1.81. The van der Waals surface area contributed by atoms with E-state index < -0.39 is 5.97 Å². The molecular formula is C20H17N3O3. The fourth-order valence-electron chi connectivity index (χ4n) is 3.38. The molecule has 1 aromatic carbocycles. The van der Waals surface area contributed by atoms with Gasteiger partial charge in [0.05, 0.1) is 36.6 Å². The van der Waals surface area contributed by atoms with E-state index in [1.54, 1.807) is 18.3 Å². The Labute approximate surface area is 150 Å². The molecule has 0 amide bonds. The van der Waals surface area contributed by atoms with Crippen molar-refractivity contribution in [3.63, 3.8) is 0 Å². The van der Waals surface area contributed by atoms with Gasteiger partial charge >= 0.3 is 5.97 Å². The zero-order chi connectivity index (χ0) is 18.1. The number of carbonyl (C=O) groups excluding carboxylic acids is 1. The van der Waals surface area contributed by atoms with Gasteiger partial charge in [-0.2, -0.15) is 5.26 Å². The maximum absolute atomic E-state index is 11.8. The summed E-state index contributed by atoms with van der Waals surface area (Å²) in [5.74, 6) is -0.403. The molecule has 4 rings (SSSR count). The lowest BCUT2D eigenvalue weighted by Crippen LogP contribution is -2.06. The highest BCUT2D eigenvalue weighted by Crippen LogP contribution is 2.31. The topological polar surface area (TPSA) is 77.1 Å². The Bertz CT molecular complexity index is 1030. The van der Waals surface area contributed by atoms with E-state index in [1.807, 2.05) is 24.4 Å². The van der Waals surface area contributed by atoms with Crippen molar-refractivity contribution in [2.45, 2.75) is 12.5 Å². The van der Waals surface area contributed by atoms with Gasteiger partial charge in [0.15, 0.2) is 0 Å². The van der Waals surface area contributed by atoms with Crippen molar-refractivity contribution >= 4 is 16.9 Å². The molecule has 1 saturated heterocycles.